The molecule has 1 atom stereocenters. The minimum Gasteiger partial charge on any atom is -0.399 e. The predicted octanol–water partition coefficient (Wildman–Crippen LogP) is 0.938. The van der Waals surface area contributed by atoms with Crippen LogP contribution in [0.5, 0.6) is 0 Å². The standard InChI is InChI=1S/C15H21N3O2/c1-17-15(20)13-3-2-10-18(13)14(19)9-6-11-4-7-12(16)8-5-11/h4-5,7-8,13H,2-3,6,9-10,16H2,1H3,(H,17,20). The summed E-state index contributed by atoms with van der Waals surface area (Å²) in [6, 6.07) is 7.25. The number of aryl methyl sites for hydroxylation is 1. The van der Waals surface area contributed by atoms with E-state index in [1.54, 1.807) is 11.9 Å². The number of nitrogens with one attached hydrogen (secondary N) is 1. The summed E-state index contributed by atoms with van der Waals surface area (Å²) >= 11 is 0. The summed E-state index contributed by atoms with van der Waals surface area (Å²) < 4.78 is 0. The van der Waals surface area contributed by atoms with Gasteiger partial charge in [0.2, 0.25) is 11.8 Å². The SMILES string of the molecule is CNC(=O)C1CCCN1C(=O)CCc1ccc(N)cc1. The molecule has 1 heterocycles. The fourth-order valence-electron chi connectivity index (χ4n) is 2.58. The van der Waals surface area contributed by atoms with E-state index < -0.39 is 0 Å². The topological polar surface area (TPSA) is 75.4 Å². The lowest BCUT2D eigenvalue weighted by Crippen LogP contribution is -2.44. The van der Waals surface area contributed by atoms with Crippen LogP contribution in [-0.4, -0.2) is 36.3 Å². The summed E-state index contributed by atoms with van der Waals surface area (Å²) in [6.07, 6.45) is 2.76. The van der Waals surface area contributed by atoms with Crippen molar-refractivity contribution >= 4 is 17.5 Å². The van der Waals surface area contributed by atoms with Crippen molar-refractivity contribution in [1.29, 1.82) is 0 Å². The van der Waals surface area contributed by atoms with Gasteiger partial charge in [-0.3, -0.25) is 9.59 Å². The lowest BCUT2D eigenvalue weighted by atomic mass is 10.1. The molecule has 5 nitrogen and oxygen atoms in total. The number of anilines is 1. The van der Waals surface area contributed by atoms with Crippen LogP contribution >= 0.6 is 0 Å². The summed E-state index contributed by atoms with van der Waals surface area (Å²) in [5.41, 5.74) is 7.44. The van der Waals surface area contributed by atoms with Crippen molar-refractivity contribution in [2.24, 2.45) is 0 Å². The highest BCUT2D eigenvalue weighted by molar-refractivity contribution is 5.88. The van der Waals surface area contributed by atoms with Crippen molar-refractivity contribution in [2.45, 2.75) is 31.7 Å². The lowest BCUT2D eigenvalue weighted by molar-refractivity contribution is -0.138. The number of rotatable bonds is 4. The number of amides is 2. The van der Waals surface area contributed by atoms with Crippen LogP contribution in [0.1, 0.15) is 24.8 Å². The van der Waals surface area contributed by atoms with E-state index in [0.29, 0.717) is 19.4 Å². The minimum absolute atomic E-state index is 0.0490. The number of hydrogen-bond acceptors (Lipinski definition) is 3. The number of nitrogens with zero attached hydrogens (tertiary/aromatic N) is 1. The zero-order chi connectivity index (χ0) is 14.5. The Hall–Kier alpha value is -2.04. The molecule has 2 amide bonds. The largest absolute Gasteiger partial charge is 0.399 e. The Morgan fingerprint density at radius 3 is 2.70 bits per heavy atom. The second-order valence-electron chi connectivity index (χ2n) is 5.10. The van der Waals surface area contributed by atoms with E-state index >= 15 is 0 Å². The Bertz CT molecular complexity index is 484. The highest BCUT2D eigenvalue weighted by atomic mass is 16.2. The molecular formula is C15H21N3O2. The van der Waals surface area contributed by atoms with Crippen LogP contribution in [0, 0.1) is 0 Å². The molecule has 0 aromatic heterocycles. The molecule has 20 heavy (non-hydrogen) atoms. The lowest BCUT2D eigenvalue weighted by Gasteiger charge is -2.23. The molecule has 108 valence electrons. The first-order valence-electron chi connectivity index (χ1n) is 6.97. The first-order chi connectivity index (χ1) is 9.61. The van der Waals surface area contributed by atoms with E-state index in [-0.39, 0.29) is 17.9 Å². The predicted molar refractivity (Wildman–Crippen MR) is 78.0 cm³/mol. The molecule has 1 saturated heterocycles. The van der Waals surface area contributed by atoms with Crippen LogP contribution in [0.15, 0.2) is 24.3 Å². The van der Waals surface area contributed by atoms with Gasteiger partial charge in [0.1, 0.15) is 6.04 Å². The van der Waals surface area contributed by atoms with Gasteiger partial charge in [-0.15, -0.1) is 0 Å². The van der Waals surface area contributed by atoms with Crippen molar-refractivity contribution in [2.75, 3.05) is 19.3 Å². The highest BCUT2D eigenvalue weighted by Crippen LogP contribution is 2.19. The molecule has 0 saturated carbocycles. The molecule has 5 heteroatoms. The summed E-state index contributed by atoms with van der Waals surface area (Å²) in [4.78, 5) is 25.7. The van der Waals surface area contributed by atoms with E-state index in [2.05, 4.69) is 5.32 Å². The first kappa shape index (κ1) is 14.4. The fraction of sp³-hybridized carbons (Fsp3) is 0.467. The maximum absolute atomic E-state index is 12.2. The number of hydrogen-bond donors (Lipinski definition) is 2. The van der Waals surface area contributed by atoms with Gasteiger partial charge in [0.25, 0.3) is 0 Å². The van der Waals surface area contributed by atoms with Crippen molar-refractivity contribution in [1.82, 2.24) is 10.2 Å². The normalized spacial score (nSPS) is 18.1. The van der Waals surface area contributed by atoms with E-state index in [1.165, 1.54) is 0 Å². The number of carbonyl (C=O) groups is 2. The Morgan fingerprint density at radius 2 is 2.05 bits per heavy atom. The molecular weight excluding hydrogens is 254 g/mol. The maximum atomic E-state index is 12.2. The Kier molecular flexibility index (Phi) is 4.61. The third kappa shape index (κ3) is 3.29. The number of benzene rings is 1. The molecule has 2 rings (SSSR count). The number of likely N-dealkylation sites (N-methyl/N-ethyl adjacent to an activating group) is 1. The molecule has 1 aliphatic heterocycles. The Balaban J connectivity index is 1.91. The van der Waals surface area contributed by atoms with Gasteiger partial charge < -0.3 is 16.0 Å². The summed E-state index contributed by atoms with van der Waals surface area (Å²) in [5, 5.41) is 2.63. The highest BCUT2D eigenvalue weighted by Gasteiger charge is 2.32. The zero-order valence-electron chi connectivity index (χ0n) is 11.8. The summed E-state index contributed by atoms with van der Waals surface area (Å²) in [5.74, 6) is -0.0174. The quantitative estimate of drug-likeness (QED) is 0.803. The third-order valence-corrected chi connectivity index (χ3v) is 3.73. The molecule has 1 aromatic carbocycles. The summed E-state index contributed by atoms with van der Waals surface area (Å²) in [6.45, 7) is 0.679. The first-order valence-corrected chi connectivity index (χ1v) is 6.97. The van der Waals surface area contributed by atoms with Gasteiger partial charge in [0, 0.05) is 25.7 Å². The second-order valence-corrected chi connectivity index (χ2v) is 5.10. The van der Waals surface area contributed by atoms with Gasteiger partial charge in [0.05, 0.1) is 0 Å². The van der Waals surface area contributed by atoms with Gasteiger partial charge in [0.15, 0.2) is 0 Å². The third-order valence-electron chi connectivity index (χ3n) is 3.73. The average molecular weight is 275 g/mol. The molecule has 0 radical (unpaired) electrons. The van der Waals surface area contributed by atoms with Crippen molar-refractivity contribution in [3.05, 3.63) is 29.8 Å². The van der Waals surface area contributed by atoms with Gasteiger partial charge in [-0.1, -0.05) is 12.1 Å². The van der Waals surface area contributed by atoms with Crippen LogP contribution in [0.4, 0.5) is 5.69 Å². The molecule has 3 N–H and O–H groups in total. The van der Waals surface area contributed by atoms with E-state index in [9.17, 15) is 9.59 Å². The van der Waals surface area contributed by atoms with Crippen LogP contribution in [0.25, 0.3) is 0 Å². The van der Waals surface area contributed by atoms with Crippen molar-refractivity contribution in [3.63, 3.8) is 0 Å². The fourth-order valence-corrected chi connectivity index (χ4v) is 2.58. The van der Waals surface area contributed by atoms with E-state index in [1.807, 2.05) is 24.3 Å². The van der Waals surface area contributed by atoms with Gasteiger partial charge in [-0.05, 0) is 37.0 Å². The average Bonchev–Trinajstić information content (AvgIpc) is 2.95. The molecule has 1 aliphatic rings. The molecule has 1 fully saturated rings. The van der Waals surface area contributed by atoms with Gasteiger partial charge in [-0.25, -0.2) is 0 Å². The molecule has 0 aliphatic carbocycles. The van der Waals surface area contributed by atoms with Gasteiger partial charge >= 0.3 is 0 Å². The monoisotopic (exact) mass is 275 g/mol. The van der Waals surface area contributed by atoms with Crippen LogP contribution < -0.4 is 11.1 Å². The molecule has 1 unspecified atom stereocenters. The summed E-state index contributed by atoms with van der Waals surface area (Å²) in [7, 11) is 1.61. The number of carbonyl (C=O) groups excluding carboxylic acids is 2. The number of nitrogens with two attached hydrogens (primary N) is 1. The number of nitrogen functional groups attached to an aromatic ring is 1. The molecule has 1 aromatic rings. The molecule has 0 bridgehead atoms. The number of likely N-dealkylation sites (tertiary alicyclic amines) is 1. The Labute approximate surface area is 119 Å². The maximum Gasteiger partial charge on any atom is 0.242 e. The molecule has 0 spiro atoms. The van der Waals surface area contributed by atoms with Crippen LogP contribution in [-0.2, 0) is 16.0 Å². The second kappa shape index (κ2) is 6.41. The van der Waals surface area contributed by atoms with Crippen LogP contribution in [0.3, 0.4) is 0 Å². The van der Waals surface area contributed by atoms with Crippen molar-refractivity contribution < 1.29 is 9.59 Å². The van der Waals surface area contributed by atoms with Gasteiger partial charge in [-0.2, -0.15) is 0 Å². The van der Waals surface area contributed by atoms with Crippen LogP contribution in [0.2, 0.25) is 0 Å². The van der Waals surface area contributed by atoms with E-state index in [4.69, 9.17) is 5.73 Å². The Morgan fingerprint density at radius 1 is 1.35 bits per heavy atom. The smallest absolute Gasteiger partial charge is 0.242 e. The zero-order valence-corrected chi connectivity index (χ0v) is 11.8. The van der Waals surface area contributed by atoms with Crippen molar-refractivity contribution in [3.8, 4) is 0 Å². The van der Waals surface area contributed by atoms with E-state index in [0.717, 1.165) is 24.1 Å². The minimum atomic E-state index is -0.293.